The first kappa shape index (κ1) is 21.5. The van der Waals surface area contributed by atoms with E-state index in [1.54, 1.807) is 12.1 Å². The Balaban J connectivity index is 1.68. The van der Waals surface area contributed by atoms with E-state index in [4.69, 9.17) is 0 Å². The molecule has 7 heteroatoms. The van der Waals surface area contributed by atoms with Crippen molar-refractivity contribution in [1.82, 2.24) is 21.1 Å². The molecule has 158 valence electrons. The molecule has 1 fully saturated rings. The number of amides is 4. The van der Waals surface area contributed by atoms with E-state index in [9.17, 15) is 14.4 Å². The van der Waals surface area contributed by atoms with Crippen LogP contribution in [0.4, 0.5) is 4.79 Å². The standard InChI is InChI=1S/C23H28N4O3/c1-4-23(18-13-9-6-10-14-18)21(29)27(22(30)25-23)26-19(28)15-24-20(16(2)3)17-11-7-5-8-12-17/h5-14,16,20,24H,4,15H2,1-3H3,(H,25,30)(H,26,28)/t20-,23-/m1/s1. The third-order valence-corrected chi connectivity index (χ3v) is 5.43. The second kappa shape index (κ2) is 9.09. The molecule has 7 nitrogen and oxygen atoms in total. The quantitative estimate of drug-likeness (QED) is 0.586. The number of benzene rings is 2. The van der Waals surface area contributed by atoms with Crippen molar-refractivity contribution < 1.29 is 14.4 Å². The minimum atomic E-state index is -1.18. The lowest BCUT2D eigenvalue weighted by Crippen LogP contribution is -2.51. The molecule has 1 heterocycles. The molecule has 4 amide bonds. The predicted molar refractivity (Wildman–Crippen MR) is 114 cm³/mol. The van der Waals surface area contributed by atoms with Crippen LogP contribution < -0.4 is 16.1 Å². The number of carbonyl (C=O) groups is 3. The van der Waals surface area contributed by atoms with Gasteiger partial charge in [0.1, 0.15) is 5.54 Å². The number of imide groups is 1. The van der Waals surface area contributed by atoms with E-state index in [0.717, 1.165) is 10.6 Å². The Morgan fingerprint density at radius 2 is 1.63 bits per heavy atom. The van der Waals surface area contributed by atoms with Gasteiger partial charge in [-0.25, -0.2) is 4.79 Å². The van der Waals surface area contributed by atoms with Gasteiger partial charge in [0.2, 0.25) is 0 Å². The van der Waals surface area contributed by atoms with E-state index in [1.165, 1.54) is 0 Å². The minimum absolute atomic E-state index is 0.0285. The highest BCUT2D eigenvalue weighted by Crippen LogP contribution is 2.31. The number of nitrogens with zero attached hydrogens (tertiary/aromatic N) is 1. The van der Waals surface area contributed by atoms with Gasteiger partial charge in [-0.1, -0.05) is 81.4 Å². The lowest BCUT2D eigenvalue weighted by Gasteiger charge is -2.26. The number of urea groups is 1. The van der Waals surface area contributed by atoms with Gasteiger partial charge in [0.25, 0.3) is 11.8 Å². The van der Waals surface area contributed by atoms with Gasteiger partial charge in [-0.3, -0.25) is 15.0 Å². The van der Waals surface area contributed by atoms with Crippen LogP contribution in [0.25, 0.3) is 0 Å². The molecule has 0 bridgehead atoms. The number of hydrogen-bond acceptors (Lipinski definition) is 4. The average molecular weight is 409 g/mol. The van der Waals surface area contributed by atoms with Gasteiger partial charge in [-0.15, -0.1) is 0 Å². The topological polar surface area (TPSA) is 90.5 Å². The van der Waals surface area contributed by atoms with Crippen LogP contribution in [0.3, 0.4) is 0 Å². The molecule has 2 aromatic carbocycles. The van der Waals surface area contributed by atoms with E-state index in [-0.39, 0.29) is 18.5 Å². The van der Waals surface area contributed by atoms with Gasteiger partial charge in [-0.05, 0) is 23.5 Å². The molecule has 0 aromatic heterocycles. The maximum absolute atomic E-state index is 13.1. The predicted octanol–water partition coefficient (Wildman–Crippen LogP) is 2.86. The van der Waals surface area contributed by atoms with Crippen molar-refractivity contribution in [3.05, 3.63) is 71.8 Å². The molecule has 3 N–H and O–H groups in total. The zero-order chi connectivity index (χ0) is 21.7. The first-order valence-corrected chi connectivity index (χ1v) is 10.2. The van der Waals surface area contributed by atoms with Crippen LogP contribution in [0.15, 0.2) is 60.7 Å². The van der Waals surface area contributed by atoms with Crippen molar-refractivity contribution in [1.29, 1.82) is 0 Å². The molecule has 0 aliphatic carbocycles. The fourth-order valence-corrected chi connectivity index (χ4v) is 3.80. The van der Waals surface area contributed by atoms with Crippen molar-refractivity contribution in [2.75, 3.05) is 6.54 Å². The smallest absolute Gasteiger partial charge is 0.318 e. The fourth-order valence-electron chi connectivity index (χ4n) is 3.80. The Labute approximate surface area is 176 Å². The molecular formula is C23H28N4O3. The summed E-state index contributed by atoms with van der Waals surface area (Å²) in [5, 5.41) is 6.76. The van der Waals surface area contributed by atoms with Gasteiger partial charge >= 0.3 is 6.03 Å². The van der Waals surface area contributed by atoms with Crippen LogP contribution in [0.1, 0.15) is 44.4 Å². The van der Waals surface area contributed by atoms with E-state index in [1.807, 2.05) is 55.5 Å². The summed E-state index contributed by atoms with van der Waals surface area (Å²) in [6.07, 6.45) is 0.371. The molecule has 3 rings (SSSR count). The Bertz CT molecular complexity index is 901. The van der Waals surface area contributed by atoms with Gasteiger partial charge in [0.05, 0.1) is 6.54 Å². The largest absolute Gasteiger partial charge is 0.344 e. The normalized spacial score (nSPS) is 19.7. The summed E-state index contributed by atoms with van der Waals surface area (Å²) in [5.74, 6) is -0.694. The highest BCUT2D eigenvalue weighted by molar-refractivity contribution is 6.08. The first-order chi connectivity index (χ1) is 14.4. The van der Waals surface area contributed by atoms with Gasteiger partial charge in [0, 0.05) is 6.04 Å². The summed E-state index contributed by atoms with van der Waals surface area (Å²) in [4.78, 5) is 38.1. The second-order valence-corrected chi connectivity index (χ2v) is 7.74. The highest BCUT2D eigenvalue weighted by Gasteiger charge is 2.52. The third kappa shape index (κ3) is 4.21. The molecule has 0 saturated carbocycles. The first-order valence-electron chi connectivity index (χ1n) is 10.2. The zero-order valence-corrected chi connectivity index (χ0v) is 17.5. The van der Waals surface area contributed by atoms with Gasteiger partial charge in [0.15, 0.2) is 0 Å². The molecule has 2 atom stereocenters. The van der Waals surface area contributed by atoms with E-state index >= 15 is 0 Å². The van der Waals surface area contributed by atoms with Gasteiger partial charge < -0.3 is 10.6 Å². The van der Waals surface area contributed by atoms with Crippen molar-refractivity contribution in [3.8, 4) is 0 Å². The Hall–Kier alpha value is -3.19. The van der Waals surface area contributed by atoms with Crippen LogP contribution >= 0.6 is 0 Å². The SMILES string of the molecule is CC[C@]1(c2ccccc2)NC(=O)N(NC(=O)CN[C@@H](c2ccccc2)C(C)C)C1=O. The second-order valence-electron chi connectivity index (χ2n) is 7.74. The summed E-state index contributed by atoms with van der Waals surface area (Å²) >= 11 is 0. The number of hydrogen-bond donors (Lipinski definition) is 3. The van der Waals surface area contributed by atoms with Crippen LogP contribution in [-0.4, -0.2) is 29.4 Å². The zero-order valence-electron chi connectivity index (χ0n) is 17.5. The summed E-state index contributed by atoms with van der Waals surface area (Å²) in [7, 11) is 0. The third-order valence-electron chi connectivity index (χ3n) is 5.43. The summed E-state index contributed by atoms with van der Waals surface area (Å²) in [6, 6.07) is 18.2. The Morgan fingerprint density at radius 1 is 1.03 bits per heavy atom. The Kier molecular flexibility index (Phi) is 6.52. The number of nitrogens with one attached hydrogen (secondary N) is 3. The molecule has 1 aliphatic heterocycles. The summed E-state index contributed by atoms with van der Waals surface area (Å²) < 4.78 is 0. The van der Waals surface area contributed by atoms with Crippen LogP contribution in [-0.2, 0) is 15.1 Å². The molecule has 2 aromatic rings. The maximum atomic E-state index is 13.1. The lowest BCUT2D eigenvalue weighted by molar-refractivity contribution is -0.139. The van der Waals surface area contributed by atoms with Crippen molar-refractivity contribution in [3.63, 3.8) is 0 Å². The maximum Gasteiger partial charge on any atom is 0.344 e. The van der Waals surface area contributed by atoms with E-state index in [0.29, 0.717) is 12.0 Å². The van der Waals surface area contributed by atoms with Crippen molar-refractivity contribution in [2.45, 2.75) is 38.8 Å². The molecule has 30 heavy (non-hydrogen) atoms. The molecule has 0 unspecified atom stereocenters. The van der Waals surface area contributed by atoms with Crippen molar-refractivity contribution >= 4 is 17.8 Å². The molecular weight excluding hydrogens is 380 g/mol. The van der Waals surface area contributed by atoms with E-state index in [2.05, 4.69) is 29.9 Å². The molecule has 1 aliphatic rings. The molecule has 0 radical (unpaired) electrons. The number of carbonyl (C=O) groups excluding carboxylic acids is 3. The fraction of sp³-hybridized carbons (Fsp3) is 0.348. The monoisotopic (exact) mass is 408 g/mol. The van der Waals surface area contributed by atoms with Gasteiger partial charge in [-0.2, -0.15) is 5.01 Å². The summed E-state index contributed by atoms with van der Waals surface area (Å²) in [6.45, 7) is 5.93. The van der Waals surface area contributed by atoms with Crippen molar-refractivity contribution in [2.24, 2.45) is 5.92 Å². The van der Waals surface area contributed by atoms with Crippen LogP contribution in [0.2, 0.25) is 0 Å². The average Bonchev–Trinajstić information content (AvgIpc) is 3.00. The van der Waals surface area contributed by atoms with E-state index < -0.39 is 23.4 Å². The minimum Gasteiger partial charge on any atom is -0.318 e. The van der Waals surface area contributed by atoms with Crippen LogP contribution in [0.5, 0.6) is 0 Å². The van der Waals surface area contributed by atoms with Crippen LogP contribution in [0, 0.1) is 5.92 Å². The molecule has 0 spiro atoms. The lowest BCUT2D eigenvalue weighted by atomic mass is 9.87. The Morgan fingerprint density at radius 3 is 2.20 bits per heavy atom. The number of rotatable bonds is 8. The highest BCUT2D eigenvalue weighted by atomic mass is 16.2. The molecule has 1 saturated heterocycles. The summed E-state index contributed by atoms with van der Waals surface area (Å²) in [5.41, 5.74) is 3.03. The number of hydrazine groups is 1.